The van der Waals surface area contributed by atoms with Crippen LogP contribution in [0.5, 0.6) is 0 Å². The van der Waals surface area contributed by atoms with E-state index in [1.54, 1.807) is 6.08 Å². The van der Waals surface area contributed by atoms with E-state index in [1.807, 2.05) is 36.4 Å². The summed E-state index contributed by atoms with van der Waals surface area (Å²) in [5, 5.41) is 2.00. The van der Waals surface area contributed by atoms with Gasteiger partial charge in [0, 0.05) is 6.92 Å². The first kappa shape index (κ1) is 29.0. The van der Waals surface area contributed by atoms with Crippen LogP contribution in [0.15, 0.2) is 72.8 Å². The summed E-state index contributed by atoms with van der Waals surface area (Å²) in [4.78, 5) is 37.0. The van der Waals surface area contributed by atoms with Crippen LogP contribution in [-0.2, 0) is 33.0 Å². The van der Waals surface area contributed by atoms with Gasteiger partial charge in [0.25, 0.3) is 8.32 Å². The number of hydrogen-bond donors (Lipinski definition) is 0. The van der Waals surface area contributed by atoms with Gasteiger partial charge in [0.15, 0.2) is 0 Å². The SMILES string of the molecule is COC(=O)C(C)(C(=O)OC)[C@@H](/C=C/CO[Si](c1ccccc1)(c1ccccc1)C(C)(C)C)OC(C)=O. The van der Waals surface area contributed by atoms with Crippen LogP contribution in [0.2, 0.25) is 5.04 Å². The highest BCUT2D eigenvalue weighted by molar-refractivity contribution is 6.99. The Kier molecular flexibility index (Phi) is 9.78. The molecule has 0 aromatic heterocycles. The fourth-order valence-corrected chi connectivity index (χ4v) is 8.88. The van der Waals surface area contributed by atoms with Crippen molar-refractivity contribution in [1.82, 2.24) is 0 Å². The van der Waals surface area contributed by atoms with Crippen LogP contribution < -0.4 is 10.4 Å². The highest BCUT2D eigenvalue weighted by Gasteiger charge is 2.52. The summed E-state index contributed by atoms with van der Waals surface area (Å²) < 4.78 is 21.8. The number of benzene rings is 2. The Morgan fingerprint density at radius 3 is 1.64 bits per heavy atom. The van der Waals surface area contributed by atoms with Gasteiger partial charge < -0.3 is 18.6 Å². The molecule has 0 aliphatic carbocycles. The lowest BCUT2D eigenvalue weighted by Crippen LogP contribution is -2.66. The molecule has 0 bridgehead atoms. The van der Waals surface area contributed by atoms with Gasteiger partial charge in [-0.15, -0.1) is 0 Å². The van der Waals surface area contributed by atoms with E-state index in [1.165, 1.54) is 19.9 Å². The largest absolute Gasteiger partial charge is 0.468 e. The number of rotatable bonds is 10. The first-order valence-electron chi connectivity index (χ1n) is 11.7. The third-order valence-corrected chi connectivity index (χ3v) is 11.2. The average Bonchev–Trinajstić information content (AvgIpc) is 2.86. The molecule has 2 aromatic carbocycles. The van der Waals surface area contributed by atoms with Gasteiger partial charge >= 0.3 is 17.9 Å². The van der Waals surface area contributed by atoms with Crippen LogP contribution in [0, 0.1) is 5.41 Å². The van der Waals surface area contributed by atoms with Crippen molar-refractivity contribution < 1.29 is 33.0 Å². The third-order valence-electron chi connectivity index (χ3n) is 6.20. The molecule has 0 radical (unpaired) electrons. The van der Waals surface area contributed by atoms with Gasteiger partial charge in [-0.25, -0.2) is 0 Å². The molecule has 8 heteroatoms. The van der Waals surface area contributed by atoms with Crippen molar-refractivity contribution >= 4 is 36.6 Å². The van der Waals surface area contributed by atoms with Crippen LogP contribution in [0.25, 0.3) is 0 Å². The number of hydrogen-bond acceptors (Lipinski definition) is 7. The lowest BCUT2D eigenvalue weighted by atomic mass is 9.83. The first-order chi connectivity index (χ1) is 16.9. The van der Waals surface area contributed by atoms with Gasteiger partial charge in [-0.05, 0) is 28.4 Å². The average molecular weight is 513 g/mol. The summed E-state index contributed by atoms with van der Waals surface area (Å²) in [7, 11) is -0.485. The van der Waals surface area contributed by atoms with Crippen LogP contribution >= 0.6 is 0 Å². The van der Waals surface area contributed by atoms with Crippen LogP contribution in [0.4, 0.5) is 0 Å². The molecule has 0 saturated carbocycles. The predicted octanol–water partition coefficient (Wildman–Crippen LogP) is 3.40. The molecule has 0 saturated heterocycles. The zero-order valence-electron chi connectivity index (χ0n) is 22.1. The normalized spacial score (nSPS) is 13.2. The topological polar surface area (TPSA) is 88.1 Å². The highest BCUT2D eigenvalue weighted by atomic mass is 28.4. The molecular formula is C28H36O7Si. The standard InChI is InChI=1S/C28H36O7Si/c1-21(29)35-24(28(5,25(30)32-6)26(31)33-7)19-14-20-34-36(27(2,3)4,22-15-10-8-11-16-22)23-17-12-9-13-18-23/h8-19,24H,20H2,1-7H3/b19-14+/t24-/m1/s1. The third kappa shape index (κ3) is 5.94. The van der Waals surface area contributed by atoms with Gasteiger partial charge in [-0.2, -0.15) is 0 Å². The van der Waals surface area contributed by atoms with Crippen molar-refractivity contribution in [3.63, 3.8) is 0 Å². The van der Waals surface area contributed by atoms with Crippen molar-refractivity contribution in [2.45, 2.75) is 45.8 Å². The Labute approximate surface area is 214 Å². The minimum Gasteiger partial charge on any atom is -0.468 e. The van der Waals surface area contributed by atoms with E-state index in [9.17, 15) is 14.4 Å². The molecule has 7 nitrogen and oxygen atoms in total. The fraction of sp³-hybridized carbons (Fsp3) is 0.393. The van der Waals surface area contributed by atoms with Gasteiger partial charge in [-0.1, -0.05) is 87.5 Å². The van der Waals surface area contributed by atoms with Gasteiger partial charge in [0.2, 0.25) is 5.41 Å². The summed E-state index contributed by atoms with van der Waals surface area (Å²) in [6.45, 7) is 9.17. The van der Waals surface area contributed by atoms with Crippen LogP contribution in [-0.4, -0.2) is 53.2 Å². The summed E-state index contributed by atoms with van der Waals surface area (Å²) in [6.07, 6.45) is 1.89. The summed E-state index contributed by atoms with van der Waals surface area (Å²) in [6, 6.07) is 20.3. The van der Waals surface area contributed by atoms with E-state index in [4.69, 9.17) is 18.6 Å². The van der Waals surface area contributed by atoms with E-state index in [0.29, 0.717) is 0 Å². The number of ether oxygens (including phenoxy) is 3. The maximum absolute atomic E-state index is 12.6. The molecule has 0 amide bonds. The van der Waals surface area contributed by atoms with Gasteiger partial charge in [-0.3, -0.25) is 14.4 Å². The first-order valence-corrected chi connectivity index (χ1v) is 13.6. The van der Waals surface area contributed by atoms with Crippen molar-refractivity contribution in [2.24, 2.45) is 5.41 Å². The van der Waals surface area contributed by atoms with E-state index < -0.39 is 37.7 Å². The molecule has 0 aliphatic rings. The quantitative estimate of drug-likeness (QED) is 0.158. The maximum atomic E-state index is 12.6. The molecule has 0 aliphatic heterocycles. The zero-order valence-corrected chi connectivity index (χ0v) is 23.1. The second kappa shape index (κ2) is 12.1. The van der Waals surface area contributed by atoms with Crippen molar-refractivity contribution in [3.8, 4) is 0 Å². The van der Waals surface area contributed by atoms with Crippen LogP contribution in [0.1, 0.15) is 34.6 Å². The lowest BCUT2D eigenvalue weighted by Gasteiger charge is -2.42. The van der Waals surface area contributed by atoms with Crippen LogP contribution in [0.3, 0.4) is 0 Å². The Balaban J connectivity index is 2.50. The minimum atomic E-state index is -2.80. The summed E-state index contributed by atoms with van der Waals surface area (Å²) in [5.41, 5.74) is -1.89. The molecule has 2 aromatic rings. The summed E-state index contributed by atoms with van der Waals surface area (Å²) >= 11 is 0. The maximum Gasteiger partial charge on any atom is 0.327 e. The number of carbonyl (C=O) groups is 3. The second-order valence-electron chi connectivity index (χ2n) is 9.62. The zero-order chi connectivity index (χ0) is 27.0. The number of methoxy groups -OCH3 is 2. The molecular weight excluding hydrogens is 476 g/mol. The Hall–Kier alpha value is -3.23. The second-order valence-corrected chi connectivity index (χ2v) is 13.9. The molecule has 194 valence electrons. The van der Waals surface area contributed by atoms with E-state index >= 15 is 0 Å². The van der Waals surface area contributed by atoms with E-state index in [2.05, 4.69) is 45.0 Å². The minimum absolute atomic E-state index is 0.156. The molecule has 1 atom stereocenters. The Morgan fingerprint density at radius 2 is 1.28 bits per heavy atom. The van der Waals surface area contributed by atoms with Crippen molar-refractivity contribution in [3.05, 3.63) is 72.8 Å². The molecule has 0 N–H and O–H groups in total. The monoisotopic (exact) mass is 512 g/mol. The van der Waals surface area contributed by atoms with E-state index in [0.717, 1.165) is 24.6 Å². The lowest BCUT2D eigenvalue weighted by molar-refractivity contribution is -0.178. The smallest absolute Gasteiger partial charge is 0.327 e. The molecule has 36 heavy (non-hydrogen) atoms. The summed E-state index contributed by atoms with van der Waals surface area (Å²) in [5.74, 6) is -2.41. The molecule has 0 unspecified atom stereocenters. The number of carbonyl (C=O) groups excluding carboxylic acids is 3. The van der Waals surface area contributed by atoms with E-state index in [-0.39, 0.29) is 11.6 Å². The van der Waals surface area contributed by atoms with Crippen molar-refractivity contribution in [1.29, 1.82) is 0 Å². The fourth-order valence-electron chi connectivity index (χ4n) is 4.38. The Bertz CT molecular complexity index is 1000. The number of esters is 3. The molecule has 0 fully saturated rings. The molecule has 2 rings (SSSR count). The van der Waals surface area contributed by atoms with Crippen molar-refractivity contribution in [2.75, 3.05) is 20.8 Å². The van der Waals surface area contributed by atoms with Gasteiger partial charge in [0.05, 0.1) is 20.8 Å². The Morgan fingerprint density at radius 1 is 0.833 bits per heavy atom. The molecule has 0 spiro atoms. The molecule has 0 heterocycles. The van der Waals surface area contributed by atoms with Gasteiger partial charge in [0.1, 0.15) is 6.10 Å². The predicted molar refractivity (Wildman–Crippen MR) is 140 cm³/mol. The highest BCUT2D eigenvalue weighted by Crippen LogP contribution is 2.37.